The third-order valence-electron chi connectivity index (χ3n) is 3.02. The van der Waals surface area contributed by atoms with Gasteiger partial charge in [0.15, 0.2) is 0 Å². The third-order valence-corrected chi connectivity index (χ3v) is 3.94. The van der Waals surface area contributed by atoms with Gasteiger partial charge in [0.25, 0.3) is 0 Å². The molecule has 0 spiro atoms. The van der Waals surface area contributed by atoms with Crippen LogP contribution < -0.4 is 0 Å². The molecule has 6 heteroatoms. The van der Waals surface area contributed by atoms with Crippen LogP contribution in [0.3, 0.4) is 0 Å². The van der Waals surface area contributed by atoms with Crippen LogP contribution in [0, 0.1) is 5.41 Å². The lowest BCUT2D eigenvalue weighted by atomic mass is 10.3. The number of methoxy groups -OCH3 is 1. The Morgan fingerprint density at radius 1 is 1.45 bits per heavy atom. The van der Waals surface area contributed by atoms with Gasteiger partial charge in [0.1, 0.15) is 0 Å². The number of halogens is 1. The number of rotatable bonds is 3. The summed E-state index contributed by atoms with van der Waals surface area (Å²) in [6, 6.07) is 6.09. The minimum Gasteiger partial charge on any atom is -0.481 e. The number of nitrogens with one attached hydrogen (secondary N) is 1. The Labute approximate surface area is 126 Å². The molecule has 3 aromatic heterocycles. The molecule has 0 fully saturated rings. The van der Waals surface area contributed by atoms with E-state index in [-0.39, 0.29) is 18.3 Å². The molecule has 0 saturated heterocycles. The van der Waals surface area contributed by atoms with Crippen LogP contribution in [0.15, 0.2) is 42.2 Å². The number of fused-ring (bicyclic) bond motifs is 1. The van der Waals surface area contributed by atoms with Crippen LogP contribution >= 0.6 is 23.7 Å². The summed E-state index contributed by atoms with van der Waals surface area (Å²) in [7, 11) is 1.52. The standard InChI is InChI=1S/C14H13N3OS.ClH/c1-18-14(15)11-6-12(19-9-11)8-17-5-3-10-2-4-16-7-13(10)17;/h2-7,9,15H,8H2,1H3;1H. The van der Waals surface area contributed by atoms with Gasteiger partial charge in [-0.3, -0.25) is 10.4 Å². The van der Waals surface area contributed by atoms with Crippen LogP contribution in [0.5, 0.6) is 0 Å². The lowest BCUT2D eigenvalue weighted by molar-refractivity contribution is 0.401. The van der Waals surface area contributed by atoms with E-state index in [9.17, 15) is 0 Å². The fourth-order valence-electron chi connectivity index (χ4n) is 2.03. The molecule has 0 saturated carbocycles. The minimum absolute atomic E-state index is 0. The quantitative estimate of drug-likeness (QED) is 0.594. The second-order valence-corrected chi connectivity index (χ2v) is 5.21. The van der Waals surface area contributed by atoms with Crippen LogP contribution in [0.2, 0.25) is 0 Å². The van der Waals surface area contributed by atoms with Crippen LogP contribution in [0.4, 0.5) is 0 Å². The monoisotopic (exact) mass is 307 g/mol. The number of aromatic nitrogens is 2. The topological polar surface area (TPSA) is 50.9 Å². The highest BCUT2D eigenvalue weighted by Gasteiger charge is 2.07. The minimum atomic E-state index is 0. The molecule has 3 heterocycles. The zero-order valence-corrected chi connectivity index (χ0v) is 12.5. The van der Waals surface area contributed by atoms with E-state index < -0.39 is 0 Å². The number of hydrogen-bond acceptors (Lipinski definition) is 4. The van der Waals surface area contributed by atoms with Gasteiger partial charge >= 0.3 is 0 Å². The molecule has 0 radical (unpaired) electrons. The first-order chi connectivity index (χ1) is 9.28. The number of nitrogens with zero attached hydrogens (tertiary/aromatic N) is 2. The van der Waals surface area contributed by atoms with Gasteiger partial charge in [0.05, 0.1) is 25.4 Å². The van der Waals surface area contributed by atoms with Crippen molar-refractivity contribution >= 4 is 40.5 Å². The van der Waals surface area contributed by atoms with Crippen molar-refractivity contribution < 1.29 is 4.74 Å². The van der Waals surface area contributed by atoms with Crippen molar-refractivity contribution in [2.45, 2.75) is 6.54 Å². The summed E-state index contributed by atoms with van der Waals surface area (Å²) in [6.45, 7) is 0.789. The van der Waals surface area contributed by atoms with Crippen molar-refractivity contribution in [1.29, 1.82) is 5.41 Å². The summed E-state index contributed by atoms with van der Waals surface area (Å²) < 4.78 is 7.09. The Morgan fingerprint density at radius 2 is 2.30 bits per heavy atom. The maximum atomic E-state index is 7.64. The summed E-state index contributed by atoms with van der Waals surface area (Å²) in [5, 5.41) is 10.8. The molecular formula is C14H14ClN3OS. The van der Waals surface area contributed by atoms with Gasteiger partial charge in [-0.1, -0.05) is 0 Å². The molecule has 0 bridgehead atoms. The molecule has 3 aromatic rings. The molecule has 0 aliphatic heterocycles. The first kappa shape index (κ1) is 14.6. The van der Waals surface area contributed by atoms with E-state index in [1.807, 2.05) is 23.7 Å². The Bertz CT molecular complexity index is 735. The van der Waals surface area contributed by atoms with Gasteiger partial charge in [0.2, 0.25) is 5.90 Å². The summed E-state index contributed by atoms with van der Waals surface area (Å²) in [5.41, 5.74) is 1.95. The maximum Gasteiger partial charge on any atom is 0.213 e. The molecular weight excluding hydrogens is 294 g/mol. The van der Waals surface area contributed by atoms with Gasteiger partial charge in [-0.05, 0) is 18.2 Å². The molecule has 0 atom stereocenters. The zero-order chi connectivity index (χ0) is 13.2. The fourth-order valence-corrected chi connectivity index (χ4v) is 2.90. The highest BCUT2D eigenvalue weighted by molar-refractivity contribution is 7.10. The summed E-state index contributed by atoms with van der Waals surface area (Å²) in [4.78, 5) is 5.36. The van der Waals surface area contributed by atoms with Gasteiger partial charge in [-0.2, -0.15) is 0 Å². The van der Waals surface area contributed by atoms with E-state index in [1.54, 1.807) is 17.5 Å². The third kappa shape index (κ3) is 2.69. The van der Waals surface area contributed by atoms with Crippen molar-refractivity contribution in [2.75, 3.05) is 7.11 Å². The molecule has 20 heavy (non-hydrogen) atoms. The summed E-state index contributed by atoms with van der Waals surface area (Å²) >= 11 is 1.64. The average Bonchev–Trinajstić information content (AvgIpc) is 3.06. The van der Waals surface area contributed by atoms with Gasteiger partial charge in [-0.15, -0.1) is 23.7 Å². The molecule has 0 aliphatic carbocycles. The molecule has 0 aromatic carbocycles. The van der Waals surface area contributed by atoms with Crippen LogP contribution in [-0.2, 0) is 11.3 Å². The number of thiophene rings is 1. The lowest BCUT2D eigenvalue weighted by Gasteiger charge is -2.02. The average molecular weight is 308 g/mol. The predicted molar refractivity (Wildman–Crippen MR) is 84.2 cm³/mol. The second-order valence-electron chi connectivity index (χ2n) is 4.21. The predicted octanol–water partition coefficient (Wildman–Crippen LogP) is 3.54. The van der Waals surface area contributed by atoms with Crippen LogP contribution in [-0.4, -0.2) is 22.6 Å². The molecule has 104 valence electrons. The first-order valence-electron chi connectivity index (χ1n) is 5.87. The van der Waals surface area contributed by atoms with Crippen LogP contribution in [0.1, 0.15) is 10.4 Å². The zero-order valence-electron chi connectivity index (χ0n) is 10.9. The Hall–Kier alpha value is -1.85. The molecule has 0 aliphatic rings. The summed E-state index contributed by atoms with van der Waals surface area (Å²) in [6.07, 6.45) is 5.74. The SMILES string of the molecule is COC(=N)c1csc(Cn2ccc3ccncc32)c1.Cl. The van der Waals surface area contributed by atoms with Crippen molar-refractivity contribution in [3.8, 4) is 0 Å². The molecule has 1 N–H and O–H groups in total. The normalized spacial score (nSPS) is 10.2. The number of ether oxygens (including phenoxy) is 1. The van der Waals surface area contributed by atoms with Crippen LogP contribution in [0.25, 0.3) is 10.9 Å². The van der Waals surface area contributed by atoms with Crippen molar-refractivity contribution in [3.63, 3.8) is 0 Å². The lowest BCUT2D eigenvalue weighted by Crippen LogP contribution is -1.99. The highest BCUT2D eigenvalue weighted by atomic mass is 35.5. The van der Waals surface area contributed by atoms with E-state index in [0.29, 0.717) is 0 Å². The van der Waals surface area contributed by atoms with E-state index in [4.69, 9.17) is 10.1 Å². The Balaban J connectivity index is 0.00000147. The van der Waals surface area contributed by atoms with Gasteiger partial charge in [-0.25, -0.2) is 0 Å². The van der Waals surface area contributed by atoms with Crippen molar-refractivity contribution in [2.24, 2.45) is 0 Å². The van der Waals surface area contributed by atoms with Crippen molar-refractivity contribution in [3.05, 3.63) is 52.6 Å². The van der Waals surface area contributed by atoms with E-state index in [0.717, 1.165) is 17.6 Å². The van der Waals surface area contributed by atoms with E-state index in [2.05, 4.69) is 21.8 Å². The van der Waals surface area contributed by atoms with Crippen molar-refractivity contribution in [1.82, 2.24) is 9.55 Å². The molecule has 3 rings (SSSR count). The smallest absolute Gasteiger partial charge is 0.213 e. The molecule has 4 nitrogen and oxygen atoms in total. The largest absolute Gasteiger partial charge is 0.481 e. The first-order valence-corrected chi connectivity index (χ1v) is 6.75. The summed E-state index contributed by atoms with van der Waals surface area (Å²) in [5.74, 6) is 0.210. The molecule has 0 amide bonds. The van der Waals surface area contributed by atoms with E-state index in [1.165, 1.54) is 17.4 Å². The van der Waals surface area contributed by atoms with Gasteiger partial charge in [0, 0.05) is 33.6 Å². The maximum absolute atomic E-state index is 7.64. The highest BCUT2D eigenvalue weighted by Crippen LogP contribution is 2.20. The number of pyridine rings is 1. The Morgan fingerprint density at radius 3 is 3.10 bits per heavy atom. The fraction of sp³-hybridized carbons (Fsp3) is 0.143. The van der Waals surface area contributed by atoms with E-state index >= 15 is 0 Å². The molecule has 0 unspecified atom stereocenters. The second kappa shape index (κ2) is 6.07. The Kier molecular flexibility index (Phi) is 4.42. The van der Waals surface area contributed by atoms with Gasteiger partial charge < -0.3 is 9.30 Å². The number of hydrogen-bond donors (Lipinski definition) is 1.